The lowest BCUT2D eigenvalue weighted by molar-refractivity contribution is -0.122. The van der Waals surface area contributed by atoms with Crippen LogP contribution in [0.3, 0.4) is 0 Å². The van der Waals surface area contributed by atoms with Crippen molar-refractivity contribution in [1.29, 1.82) is 0 Å². The molecule has 1 amide bonds. The van der Waals surface area contributed by atoms with Crippen LogP contribution in [0.5, 0.6) is 0 Å². The van der Waals surface area contributed by atoms with Crippen molar-refractivity contribution in [3.63, 3.8) is 0 Å². The first-order valence-corrected chi connectivity index (χ1v) is 8.54. The first-order chi connectivity index (χ1) is 11.1. The number of hydrogen-bond acceptors (Lipinski definition) is 3. The molecule has 0 aliphatic carbocycles. The summed E-state index contributed by atoms with van der Waals surface area (Å²) in [4.78, 5) is 16.7. The number of nitrogens with zero attached hydrogens (tertiary/aromatic N) is 2. The van der Waals surface area contributed by atoms with Gasteiger partial charge in [-0.15, -0.1) is 0 Å². The Morgan fingerprint density at radius 3 is 2.96 bits per heavy atom. The maximum atomic E-state index is 12.2. The number of nitrogens with one attached hydrogen (secondary N) is 2. The van der Waals surface area contributed by atoms with Crippen LogP contribution in [0.4, 0.5) is 0 Å². The standard InChI is InChI=1S/C18H26N4O/c1-13(15-6-8-19-9-7-15)10-18(23)20-11-16-12-22-14(2)4-3-5-17(22)21-16/h3-5,12-13,15,19H,6-11H2,1-2H3,(H,20,23). The topological polar surface area (TPSA) is 58.4 Å². The molecule has 3 heterocycles. The van der Waals surface area contributed by atoms with E-state index in [1.165, 1.54) is 12.8 Å². The van der Waals surface area contributed by atoms with E-state index in [0.717, 1.165) is 30.1 Å². The van der Waals surface area contributed by atoms with Gasteiger partial charge < -0.3 is 15.0 Å². The summed E-state index contributed by atoms with van der Waals surface area (Å²) >= 11 is 0. The van der Waals surface area contributed by atoms with Crippen molar-refractivity contribution in [2.75, 3.05) is 13.1 Å². The van der Waals surface area contributed by atoms with Crippen LogP contribution in [-0.2, 0) is 11.3 Å². The van der Waals surface area contributed by atoms with Crippen molar-refractivity contribution < 1.29 is 4.79 Å². The largest absolute Gasteiger partial charge is 0.350 e. The van der Waals surface area contributed by atoms with Gasteiger partial charge in [0.05, 0.1) is 12.2 Å². The lowest BCUT2D eigenvalue weighted by Crippen LogP contribution is -2.33. The molecule has 2 aromatic rings. The normalized spacial score (nSPS) is 17.3. The van der Waals surface area contributed by atoms with E-state index in [1.807, 2.05) is 18.3 Å². The number of carbonyl (C=O) groups is 1. The molecule has 1 unspecified atom stereocenters. The summed E-state index contributed by atoms with van der Waals surface area (Å²) < 4.78 is 2.05. The summed E-state index contributed by atoms with van der Waals surface area (Å²) in [6.45, 7) is 6.91. The second-order valence-electron chi connectivity index (χ2n) is 6.67. The van der Waals surface area contributed by atoms with Crippen LogP contribution in [-0.4, -0.2) is 28.4 Å². The number of carbonyl (C=O) groups excluding carboxylic acids is 1. The van der Waals surface area contributed by atoms with Gasteiger partial charge in [-0.05, 0) is 56.8 Å². The van der Waals surface area contributed by atoms with E-state index in [9.17, 15) is 4.79 Å². The van der Waals surface area contributed by atoms with Crippen molar-refractivity contribution in [3.8, 4) is 0 Å². The number of imidazole rings is 1. The minimum atomic E-state index is 0.129. The van der Waals surface area contributed by atoms with Gasteiger partial charge in [0.15, 0.2) is 0 Å². The van der Waals surface area contributed by atoms with Crippen molar-refractivity contribution in [2.45, 2.75) is 39.7 Å². The molecule has 1 aliphatic rings. The summed E-state index contributed by atoms with van der Waals surface area (Å²) in [6, 6.07) is 6.04. The zero-order valence-corrected chi connectivity index (χ0v) is 14.0. The van der Waals surface area contributed by atoms with Crippen LogP contribution in [0.2, 0.25) is 0 Å². The molecular formula is C18H26N4O. The fraction of sp³-hybridized carbons (Fsp3) is 0.556. The van der Waals surface area contributed by atoms with E-state index >= 15 is 0 Å². The summed E-state index contributed by atoms with van der Waals surface area (Å²) in [5.41, 5.74) is 2.98. The lowest BCUT2D eigenvalue weighted by atomic mass is 9.84. The van der Waals surface area contributed by atoms with Crippen LogP contribution in [0.15, 0.2) is 24.4 Å². The predicted molar refractivity (Wildman–Crippen MR) is 91.2 cm³/mol. The van der Waals surface area contributed by atoms with Gasteiger partial charge in [-0.3, -0.25) is 4.79 Å². The summed E-state index contributed by atoms with van der Waals surface area (Å²) in [6.07, 6.45) is 4.97. The van der Waals surface area contributed by atoms with Crippen molar-refractivity contribution in [1.82, 2.24) is 20.0 Å². The van der Waals surface area contributed by atoms with Crippen LogP contribution in [0.1, 0.15) is 37.6 Å². The monoisotopic (exact) mass is 314 g/mol. The van der Waals surface area contributed by atoms with Crippen LogP contribution in [0, 0.1) is 18.8 Å². The molecule has 0 bridgehead atoms. The van der Waals surface area contributed by atoms with Gasteiger partial charge in [-0.2, -0.15) is 0 Å². The molecular weight excluding hydrogens is 288 g/mol. The third-order valence-corrected chi connectivity index (χ3v) is 4.91. The van der Waals surface area contributed by atoms with Gasteiger partial charge >= 0.3 is 0 Å². The number of amides is 1. The molecule has 23 heavy (non-hydrogen) atoms. The highest BCUT2D eigenvalue weighted by atomic mass is 16.1. The Labute approximate surface area is 137 Å². The predicted octanol–water partition coefficient (Wildman–Crippen LogP) is 2.28. The Balaban J connectivity index is 1.52. The van der Waals surface area contributed by atoms with E-state index < -0.39 is 0 Å². The second kappa shape index (κ2) is 7.13. The van der Waals surface area contributed by atoms with E-state index in [-0.39, 0.29) is 5.91 Å². The van der Waals surface area contributed by atoms with Gasteiger partial charge in [0.2, 0.25) is 5.91 Å². The van der Waals surface area contributed by atoms with Crippen molar-refractivity contribution >= 4 is 11.6 Å². The highest BCUT2D eigenvalue weighted by molar-refractivity contribution is 5.76. The molecule has 5 heteroatoms. The quantitative estimate of drug-likeness (QED) is 0.890. The summed E-state index contributed by atoms with van der Waals surface area (Å²) in [5.74, 6) is 1.24. The van der Waals surface area contributed by atoms with Gasteiger partial charge in [-0.1, -0.05) is 13.0 Å². The number of pyridine rings is 1. The van der Waals surface area contributed by atoms with E-state index in [0.29, 0.717) is 24.8 Å². The molecule has 1 atom stereocenters. The average molecular weight is 314 g/mol. The SMILES string of the molecule is Cc1cccc2nc(CNC(=O)CC(C)C3CCNCC3)cn12. The van der Waals surface area contributed by atoms with E-state index in [1.54, 1.807) is 0 Å². The Bertz CT molecular complexity index is 673. The maximum absolute atomic E-state index is 12.2. The van der Waals surface area contributed by atoms with Gasteiger partial charge in [0.25, 0.3) is 0 Å². The molecule has 2 aromatic heterocycles. The molecule has 0 spiro atoms. The smallest absolute Gasteiger partial charge is 0.220 e. The molecule has 124 valence electrons. The molecule has 2 N–H and O–H groups in total. The Morgan fingerprint density at radius 2 is 2.22 bits per heavy atom. The average Bonchev–Trinajstić information content (AvgIpc) is 2.98. The number of aryl methyl sites for hydroxylation is 1. The molecule has 0 aromatic carbocycles. The van der Waals surface area contributed by atoms with Crippen LogP contribution < -0.4 is 10.6 Å². The number of aromatic nitrogens is 2. The minimum absolute atomic E-state index is 0.129. The summed E-state index contributed by atoms with van der Waals surface area (Å²) in [5, 5.41) is 6.39. The highest BCUT2D eigenvalue weighted by Gasteiger charge is 2.21. The Morgan fingerprint density at radius 1 is 1.43 bits per heavy atom. The Kier molecular flexibility index (Phi) is 4.96. The maximum Gasteiger partial charge on any atom is 0.220 e. The molecule has 0 saturated carbocycles. The fourth-order valence-corrected chi connectivity index (χ4v) is 3.42. The molecule has 0 radical (unpaired) electrons. The minimum Gasteiger partial charge on any atom is -0.350 e. The zero-order chi connectivity index (χ0) is 16.2. The Hall–Kier alpha value is -1.88. The molecule has 5 nitrogen and oxygen atoms in total. The van der Waals surface area contributed by atoms with Gasteiger partial charge in [-0.25, -0.2) is 4.98 Å². The van der Waals surface area contributed by atoms with Gasteiger partial charge in [0, 0.05) is 18.3 Å². The van der Waals surface area contributed by atoms with E-state index in [2.05, 4.69) is 39.9 Å². The molecule has 1 saturated heterocycles. The first kappa shape index (κ1) is 16.0. The number of hydrogen-bond donors (Lipinski definition) is 2. The molecule has 1 aliphatic heterocycles. The zero-order valence-electron chi connectivity index (χ0n) is 14.0. The number of rotatable bonds is 5. The lowest BCUT2D eigenvalue weighted by Gasteiger charge is -2.27. The molecule has 1 fully saturated rings. The molecule has 3 rings (SSSR count). The van der Waals surface area contributed by atoms with Crippen molar-refractivity contribution in [2.24, 2.45) is 11.8 Å². The first-order valence-electron chi connectivity index (χ1n) is 8.54. The van der Waals surface area contributed by atoms with E-state index in [4.69, 9.17) is 0 Å². The fourth-order valence-electron chi connectivity index (χ4n) is 3.42. The highest BCUT2D eigenvalue weighted by Crippen LogP contribution is 2.24. The number of fused-ring (bicyclic) bond motifs is 1. The summed E-state index contributed by atoms with van der Waals surface area (Å²) in [7, 11) is 0. The third kappa shape index (κ3) is 3.91. The van der Waals surface area contributed by atoms with Crippen molar-refractivity contribution in [3.05, 3.63) is 35.8 Å². The third-order valence-electron chi connectivity index (χ3n) is 4.91. The number of piperidine rings is 1. The second-order valence-corrected chi connectivity index (χ2v) is 6.67. The van der Waals surface area contributed by atoms with Gasteiger partial charge in [0.1, 0.15) is 5.65 Å². The van der Waals surface area contributed by atoms with Crippen LogP contribution in [0.25, 0.3) is 5.65 Å². The van der Waals surface area contributed by atoms with Crippen LogP contribution >= 0.6 is 0 Å².